The molecule has 1 fully saturated rings. The van der Waals surface area contributed by atoms with Crippen LogP contribution in [0.1, 0.15) is 12.8 Å². The number of halogens is 1. The monoisotopic (exact) mass is 447 g/mol. The first kappa shape index (κ1) is 18.5. The number of aromatic nitrogens is 1. The highest BCUT2D eigenvalue weighted by atomic mass is 79.9. The molecule has 0 radical (unpaired) electrons. The van der Waals surface area contributed by atoms with Crippen LogP contribution in [-0.4, -0.2) is 43.5 Å². The van der Waals surface area contributed by atoms with Crippen LogP contribution in [0.25, 0.3) is 10.9 Å². The lowest BCUT2D eigenvalue weighted by molar-refractivity contribution is 0.264. The number of anilines is 1. The van der Waals surface area contributed by atoms with E-state index in [0.29, 0.717) is 11.6 Å². The van der Waals surface area contributed by atoms with Crippen LogP contribution < -0.4 is 5.32 Å². The Morgan fingerprint density at radius 3 is 2.59 bits per heavy atom. The van der Waals surface area contributed by atoms with Gasteiger partial charge in [0.05, 0.1) is 10.4 Å². The van der Waals surface area contributed by atoms with Gasteiger partial charge >= 0.3 is 0 Å². The lowest BCUT2D eigenvalue weighted by Crippen LogP contribution is -2.36. The van der Waals surface area contributed by atoms with Crippen LogP contribution in [-0.2, 0) is 10.0 Å². The maximum Gasteiger partial charge on any atom is 0.268 e. The molecule has 0 spiro atoms. The van der Waals surface area contributed by atoms with Crippen LogP contribution in [0.4, 0.5) is 5.69 Å². The highest BCUT2D eigenvalue weighted by molar-refractivity contribution is 9.10. The largest absolute Gasteiger partial charge is 0.382 e. The zero-order chi connectivity index (χ0) is 19.0. The Hall–Kier alpha value is -1.83. The van der Waals surface area contributed by atoms with Gasteiger partial charge in [-0.2, -0.15) is 0 Å². The maximum absolute atomic E-state index is 13.3. The van der Waals surface area contributed by atoms with Gasteiger partial charge < -0.3 is 10.2 Å². The average Bonchev–Trinajstić information content (AvgIpc) is 3.02. The number of nitrogens with one attached hydrogen (secondary N) is 1. The molecule has 142 valence electrons. The molecule has 4 rings (SSSR count). The number of hydrogen-bond donors (Lipinski definition) is 1. The van der Waals surface area contributed by atoms with Crippen LogP contribution in [0.5, 0.6) is 0 Å². The summed E-state index contributed by atoms with van der Waals surface area (Å²) in [5, 5.41) is 4.37. The van der Waals surface area contributed by atoms with Crippen molar-refractivity contribution in [1.29, 1.82) is 0 Å². The normalized spacial score (nSPS) is 16.7. The van der Waals surface area contributed by atoms with Crippen LogP contribution in [0.3, 0.4) is 0 Å². The number of piperidine rings is 1. The van der Waals surface area contributed by atoms with Gasteiger partial charge in [0.25, 0.3) is 10.0 Å². The number of nitrogens with zero attached hydrogens (tertiary/aromatic N) is 2. The second-order valence-corrected chi connectivity index (χ2v) is 9.71. The molecule has 3 aromatic rings. The molecule has 0 atom stereocenters. The molecule has 1 aliphatic heterocycles. The molecular weight excluding hydrogens is 426 g/mol. The highest BCUT2D eigenvalue weighted by Crippen LogP contribution is 2.30. The zero-order valence-electron chi connectivity index (χ0n) is 15.1. The third-order valence-electron chi connectivity index (χ3n) is 5.11. The molecule has 1 N–H and O–H groups in total. The van der Waals surface area contributed by atoms with E-state index < -0.39 is 10.0 Å². The van der Waals surface area contributed by atoms with Gasteiger partial charge in [-0.1, -0.05) is 24.3 Å². The third kappa shape index (κ3) is 3.63. The summed E-state index contributed by atoms with van der Waals surface area (Å²) in [5.41, 5.74) is 1.51. The molecule has 0 unspecified atom stereocenters. The summed E-state index contributed by atoms with van der Waals surface area (Å²) in [7, 11) is -1.55. The van der Waals surface area contributed by atoms with Gasteiger partial charge in [0.1, 0.15) is 0 Å². The number of likely N-dealkylation sites (tertiary alicyclic amines) is 1. The van der Waals surface area contributed by atoms with Gasteiger partial charge in [0.15, 0.2) is 0 Å². The number of para-hydroxylation sites is 1. The Bertz CT molecular complexity index is 1070. The Morgan fingerprint density at radius 1 is 1.07 bits per heavy atom. The van der Waals surface area contributed by atoms with Crippen molar-refractivity contribution >= 4 is 42.5 Å². The summed E-state index contributed by atoms with van der Waals surface area (Å²) in [6, 6.07) is 15.0. The molecule has 0 aliphatic carbocycles. The first-order valence-corrected chi connectivity index (χ1v) is 11.2. The Labute approximate surface area is 168 Å². The van der Waals surface area contributed by atoms with Crippen molar-refractivity contribution in [1.82, 2.24) is 8.87 Å². The van der Waals surface area contributed by atoms with E-state index in [1.165, 1.54) is 3.97 Å². The van der Waals surface area contributed by atoms with E-state index in [-0.39, 0.29) is 4.90 Å². The van der Waals surface area contributed by atoms with Gasteiger partial charge in [-0.15, -0.1) is 0 Å². The van der Waals surface area contributed by atoms with Gasteiger partial charge in [0.2, 0.25) is 0 Å². The molecule has 27 heavy (non-hydrogen) atoms. The minimum Gasteiger partial charge on any atom is -0.382 e. The minimum atomic E-state index is -3.68. The van der Waals surface area contributed by atoms with E-state index in [9.17, 15) is 8.42 Å². The molecule has 1 aromatic heterocycles. The molecule has 5 nitrogen and oxygen atoms in total. The van der Waals surface area contributed by atoms with Crippen molar-refractivity contribution in [3.63, 3.8) is 0 Å². The van der Waals surface area contributed by atoms with Crippen molar-refractivity contribution in [2.75, 3.05) is 25.5 Å². The van der Waals surface area contributed by atoms with E-state index in [1.54, 1.807) is 24.4 Å². The molecule has 2 aromatic carbocycles. The van der Waals surface area contributed by atoms with Crippen molar-refractivity contribution in [2.24, 2.45) is 0 Å². The molecule has 7 heteroatoms. The van der Waals surface area contributed by atoms with Crippen LogP contribution in [0, 0.1) is 0 Å². The first-order valence-electron chi connectivity index (χ1n) is 9.01. The topological polar surface area (TPSA) is 54.3 Å². The summed E-state index contributed by atoms with van der Waals surface area (Å²) in [5.74, 6) is 0. The Kier molecular flexibility index (Phi) is 5.01. The van der Waals surface area contributed by atoms with Crippen molar-refractivity contribution < 1.29 is 8.42 Å². The smallest absolute Gasteiger partial charge is 0.268 e. The maximum atomic E-state index is 13.3. The fourth-order valence-corrected chi connectivity index (χ4v) is 5.65. The fraction of sp³-hybridized carbons (Fsp3) is 0.300. The molecule has 0 bridgehead atoms. The summed E-state index contributed by atoms with van der Waals surface area (Å²) >= 11 is 3.47. The second kappa shape index (κ2) is 7.30. The molecule has 1 saturated heterocycles. The number of hydrogen-bond acceptors (Lipinski definition) is 4. The van der Waals surface area contributed by atoms with Crippen LogP contribution >= 0.6 is 15.9 Å². The van der Waals surface area contributed by atoms with Crippen molar-refractivity contribution in [2.45, 2.75) is 23.8 Å². The lowest BCUT2D eigenvalue weighted by atomic mass is 10.1. The van der Waals surface area contributed by atoms with E-state index in [4.69, 9.17) is 0 Å². The van der Waals surface area contributed by atoms with E-state index in [0.717, 1.165) is 41.5 Å². The van der Waals surface area contributed by atoms with Crippen molar-refractivity contribution in [3.8, 4) is 0 Å². The van der Waals surface area contributed by atoms with E-state index >= 15 is 0 Å². The molecule has 2 heterocycles. The van der Waals surface area contributed by atoms with Crippen LogP contribution in [0.15, 0.2) is 64.1 Å². The third-order valence-corrected chi connectivity index (χ3v) is 7.41. The average molecular weight is 448 g/mol. The Morgan fingerprint density at radius 2 is 1.81 bits per heavy atom. The predicted molar refractivity (Wildman–Crippen MR) is 113 cm³/mol. The number of benzene rings is 2. The molecule has 1 aliphatic rings. The molecule has 0 amide bonds. The van der Waals surface area contributed by atoms with Crippen molar-refractivity contribution in [3.05, 3.63) is 59.2 Å². The quantitative estimate of drug-likeness (QED) is 0.652. The lowest BCUT2D eigenvalue weighted by Gasteiger charge is -2.30. The SMILES string of the molecule is CN1CCC(Nc2cccc(S(=O)(=O)n3cc(Br)c4ccccc43)c2)CC1. The van der Waals surface area contributed by atoms with Gasteiger partial charge in [-0.3, -0.25) is 0 Å². The molecular formula is C20H22BrN3O2S. The fourth-order valence-electron chi connectivity index (χ4n) is 3.56. The number of fused-ring (bicyclic) bond motifs is 1. The Balaban J connectivity index is 1.66. The summed E-state index contributed by atoms with van der Waals surface area (Å²) in [6.45, 7) is 2.11. The zero-order valence-corrected chi connectivity index (χ0v) is 17.5. The van der Waals surface area contributed by atoms with E-state index in [2.05, 4.69) is 33.2 Å². The summed E-state index contributed by atoms with van der Waals surface area (Å²) in [4.78, 5) is 2.60. The van der Waals surface area contributed by atoms with E-state index in [1.807, 2.05) is 30.3 Å². The predicted octanol–water partition coefficient (Wildman–Crippen LogP) is 4.15. The second-order valence-electron chi connectivity index (χ2n) is 7.04. The summed E-state index contributed by atoms with van der Waals surface area (Å²) < 4.78 is 28.6. The first-order chi connectivity index (χ1) is 12.9. The standard InChI is InChI=1S/C20H22BrN3O2S/c1-23-11-9-15(10-12-23)22-16-5-4-6-17(13-16)27(25,26)24-14-19(21)18-7-2-3-8-20(18)24/h2-8,13-15,22H,9-12H2,1H3. The molecule has 0 saturated carbocycles. The highest BCUT2D eigenvalue weighted by Gasteiger charge is 2.22. The van der Waals surface area contributed by atoms with Gasteiger partial charge in [-0.25, -0.2) is 12.4 Å². The minimum absolute atomic E-state index is 0.286. The van der Waals surface area contributed by atoms with Crippen LogP contribution in [0.2, 0.25) is 0 Å². The summed E-state index contributed by atoms with van der Waals surface area (Å²) in [6.07, 6.45) is 3.74. The number of rotatable bonds is 4. The van der Waals surface area contributed by atoms with Gasteiger partial charge in [-0.05, 0) is 73.2 Å². The van der Waals surface area contributed by atoms with Gasteiger partial charge in [0, 0.05) is 27.8 Å².